The summed E-state index contributed by atoms with van der Waals surface area (Å²) in [7, 11) is 0. The minimum absolute atomic E-state index is 0.0437. The van der Waals surface area contributed by atoms with Gasteiger partial charge in [-0.3, -0.25) is 15.1 Å². The number of fused-ring (bicyclic) bond motifs is 1. The monoisotopic (exact) mass is 283 g/mol. The third-order valence-electron chi connectivity index (χ3n) is 3.33. The van der Waals surface area contributed by atoms with Crippen LogP contribution in [0.2, 0.25) is 0 Å². The highest BCUT2D eigenvalue weighted by molar-refractivity contribution is 5.99. The average Bonchev–Trinajstić information content (AvgIpc) is 3.01. The summed E-state index contributed by atoms with van der Waals surface area (Å²) < 4.78 is 5.36. The zero-order valence-corrected chi connectivity index (χ0v) is 11.3. The van der Waals surface area contributed by atoms with Crippen LogP contribution in [-0.2, 0) is 0 Å². The lowest BCUT2D eigenvalue weighted by atomic mass is 10.1. The number of benzene rings is 1. The lowest BCUT2D eigenvalue weighted by Crippen LogP contribution is -2.06. The van der Waals surface area contributed by atoms with E-state index >= 15 is 0 Å². The van der Waals surface area contributed by atoms with E-state index in [1.165, 1.54) is 12.3 Å². The molecule has 3 aromatic rings. The summed E-state index contributed by atoms with van der Waals surface area (Å²) in [5, 5.41) is 15.7. The summed E-state index contributed by atoms with van der Waals surface area (Å²) in [4.78, 5) is 14.7. The third kappa shape index (κ3) is 2.43. The van der Waals surface area contributed by atoms with Gasteiger partial charge in [0, 0.05) is 29.5 Å². The summed E-state index contributed by atoms with van der Waals surface area (Å²) in [6.45, 7) is 1.97. The maximum atomic E-state index is 11.1. The molecule has 0 saturated carbocycles. The van der Waals surface area contributed by atoms with Crippen molar-refractivity contribution in [3.63, 3.8) is 0 Å². The van der Waals surface area contributed by atoms with Crippen LogP contribution in [-0.4, -0.2) is 9.91 Å². The fourth-order valence-corrected chi connectivity index (χ4v) is 2.30. The second-order valence-electron chi connectivity index (χ2n) is 4.69. The first kappa shape index (κ1) is 13.1. The first-order valence-electron chi connectivity index (χ1n) is 6.48. The van der Waals surface area contributed by atoms with Crippen LogP contribution in [0, 0.1) is 10.1 Å². The summed E-state index contributed by atoms with van der Waals surface area (Å²) in [6.07, 6.45) is 4.75. The van der Waals surface area contributed by atoms with E-state index < -0.39 is 4.92 Å². The van der Waals surface area contributed by atoms with Gasteiger partial charge in [-0.15, -0.1) is 0 Å². The molecule has 0 aliphatic carbocycles. The van der Waals surface area contributed by atoms with Crippen LogP contribution < -0.4 is 5.32 Å². The summed E-state index contributed by atoms with van der Waals surface area (Å²) >= 11 is 0. The molecule has 106 valence electrons. The number of nitro groups is 1. The highest BCUT2D eigenvalue weighted by Crippen LogP contribution is 2.32. The smallest absolute Gasteiger partial charge is 0.278 e. The van der Waals surface area contributed by atoms with Crippen LogP contribution in [0.1, 0.15) is 18.7 Å². The van der Waals surface area contributed by atoms with Gasteiger partial charge < -0.3 is 9.73 Å². The number of hydrogen-bond acceptors (Lipinski definition) is 5. The van der Waals surface area contributed by atoms with E-state index in [1.54, 1.807) is 24.6 Å². The number of nitrogens with one attached hydrogen (secondary N) is 1. The number of non-ortho nitro benzene ring substituents is 1. The topological polar surface area (TPSA) is 81.2 Å². The van der Waals surface area contributed by atoms with E-state index in [2.05, 4.69) is 10.3 Å². The molecular formula is C15H13N3O3. The van der Waals surface area contributed by atoms with Crippen molar-refractivity contribution < 1.29 is 9.34 Å². The van der Waals surface area contributed by atoms with Gasteiger partial charge in [-0.2, -0.15) is 0 Å². The van der Waals surface area contributed by atoms with Crippen molar-refractivity contribution in [1.82, 2.24) is 4.98 Å². The molecular weight excluding hydrogens is 270 g/mol. The molecule has 6 heteroatoms. The predicted molar refractivity (Wildman–Crippen MR) is 79.1 cm³/mol. The van der Waals surface area contributed by atoms with Gasteiger partial charge in [0.2, 0.25) is 0 Å². The molecule has 0 aliphatic heterocycles. The molecule has 21 heavy (non-hydrogen) atoms. The SMILES string of the molecule is CC(Nc1ccc([N+](=O)[O-])c2cnccc12)c1ccco1. The van der Waals surface area contributed by atoms with Crippen LogP contribution in [0.15, 0.2) is 53.4 Å². The average molecular weight is 283 g/mol. The molecule has 0 spiro atoms. The molecule has 0 fully saturated rings. The Morgan fingerprint density at radius 3 is 2.86 bits per heavy atom. The van der Waals surface area contributed by atoms with Gasteiger partial charge in [-0.05, 0) is 31.2 Å². The Morgan fingerprint density at radius 2 is 2.14 bits per heavy atom. The van der Waals surface area contributed by atoms with Crippen molar-refractivity contribution >= 4 is 22.1 Å². The van der Waals surface area contributed by atoms with Crippen LogP contribution in [0.25, 0.3) is 10.8 Å². The van der Waals surface area contributed by atoms with Crippen molar-refractivity contribution in [2.45, 2.75) is 13.0 Å². The minimum atomic E-state index is -0.399. The quantitative estimate of drug-likeness (QED) is 0.580. The Morgan fingerprint density at radius 1 is 1.29 bits per heavy atom. The zero-order chi connectivity index (χ0) is 14.8. The first-order valence-corrected chi connectivity index (χ1v) is 6.48. The molecule has 2 heterocycles. The zero-order valence-electron chi connectivity index (χ0n) is 11.3. The number of pyridine rings is 1. The van der Waals surface area contributed by atoms with Crippen LogP contribution in [0.3, 0.4) is 0 Å². The molecule has 0 bridgehead atoms. The number of hydrogen-bond donors (Lipinski definition) is 1. The van der Waals surface area contributed by atoms with Crippen molar-refractivity contribution in [1.29, 1.82) is 0 Å². The number of furan rings is 1. The molecule has 0 saturated heterocycles. The van der Waals surface area contributed by atoms with Crippen molar-refractivity contribution in [2.24, 2.45) is 0 Å². The van der Waals surface area contributed by atoms with E-state index in [9.17, 15) is 10.1 Å². The normalized spacial score (nSPS) is 12.2. The largest absolute Gasteiger partial charge is 0.467 e. The number of anilines is 1. The van der Waals surface area contributed by atoms with Crippen LogP contribution in [0.5, 0.6) is 0 Å². The molecule has 2 aromatic heterocycles. The highest BCUT2D eigenvalue weighted by Gasteiger charge is 2.16. The second-order valence-corrected chi connectivity index (χ2v) is 4.69. The second kappa shape index (κ2) is 5.24. The van der Waals surface area contributed by atoms with E-state index in [1.807, 2.05) is 19.1 Å². The summed E-state index contributed by atoms with van der Waals surface area (Å²) in [6, 6.07) is 8.62. The van der Waals surface area contributed by atoms with Crippen molar-refractivity contribution in [3.05, 3.63) is 64.9 Å². The Kier molecular flexibility index (Phi) is 3.27. The minimum Gasteiger partial charge on any atom is -0.467 e. The Hall–Kier alpha value is -2.89. The van der Waals surface area contributed by atoms with E-state index in [4.69, 9.17) is 4.42 Å². The fourth-order valence-electron chi connectivity index (χ4n) is 2.30. The molecule has 0 aliphatic rings. The van der Waals surface area contributed by atoms with Gasteiger partial charge in [-0.25, -0.2) is 0 Å². The predicted octanol–water partition coefficient (Wildman–Crippen LogP) is 3.91. The van der Waals surface area contributed by atoms with Gasteiger partial charge in [0.15, 0.2) is 0 Å². The number of aromatic nitrogens is 1. The maximum absolute atomic E-state index is 11.1. The lowest BCUT2D eigenvalue weighted by molar-refractivity contribution is -0.383. The Labute approximate surface area is 120 Å². The Balaban J connectivity index is 2.04. The fraction of sp³-hybridized carbons (Fsp3) is 0.133. The molecule has 1 aromatic carbocycles. The first-order chi connectivity index (χ1) is 10.2. The third-order valence-corrected chi connectivity index (χ3v) is 3.33. The van der Waals surface area contributed by atoms with Gasteiger partial charge >= 0.3 is 0 Å². The van der Waals surface area contributed by atoms with Crippen molar-refractivity contribution in [3.8, 4) is 0 Å². The highest BCUT2D eigenvalue weighted by atomic mass is 16.6. The molecule has 1 atom stereocenters. The van der Waals surface area contributed by atoms with Gasteiger partial charge in [0.25, 0.3) is 5.69 Å². The summed E-state index contributed by atoms with van der Waals surface area (Å²) in [5.41, 5.74) is 0.858. The van der Waals surface area contributed by atoms with Crippen LogP contribution >= 0.6 is 0 Å². The van der Waals surface area contributed by atoms with Gasteiger partial charge in [0.1, 0.15) is 5.76 Å². The number of nitro benzene ring substituents is 1. The molecule has 0 radical (unpaired) electrons. The molecule has 6 nitrogen and oxygen atoms in total. The number of rotatable bonds is 4. The number of nitrogens with zero attached hydrogens (tertiary/aromatic N) is 2. The molecule has 3 rings (SSSR count). The lowest BCUT2D eigenvalue weighted by Gasteiger charge is -2.15. The van der Waals surface area contributed by atoms with E-state index in [0.29, 0.717) is 5.39 Å². The van der Waals surface area contributed by atoms with Gasteiger partial charge in [-0.1, -0.05) is 0 Å². The van der Waals surface area contributed by atoms with Gasteiger partial charge in [0.05, 0.1) is 22.6 Å². The molecule has 1 N–H and O–H groups in total. The Bertz CT molecular complexity index is 784. The standard InChI is InChI=1S/C15H13N3O3/c1-10(15-3-2-8-21-15)17-13-4-5-14(18(19)20)12-9-16-7-6-11(12)13/h2-10,17H,1H3. The maximum Gasteiger partial charge on any atom is 0.278 e. The molecule has 1 unspecified atom stereocenters. The van der Waals surface area contributed by atoms with Crippen LogP contribution in [0.4, 0.5) is 11.4 Å². The van der Waals surface area contributed by atoms with E-state index in [0.717, 1.165) is 16.8 Å². The van der Waals surface area contributed by atoms with Crippen molar-refractivity contribution in [2.75, 3.05) is 5.32 Å². The molecule has 0 amide bonds. The van der Waals surface area contributed by atoms with E-state index in [-0.39, 0.29) is 11.7 Å². The summed E-state index contributed by atoms with van der Waals surface area (Å²) in [5.74, 6) is 0.801.